The number of hydrogen-bond acceptors (Lipinski definition) is 4. The van der Waals surface area contributed by atoms with E-state index in [1.165, 1.54) is 12.2 Å². The molecule has 0 saturated carbocycles. The minimum absolute atomic E-state index is 0.0206. The molecule has 0 unspecified atom stereocenters. The van der Waals surface area contributed by atoms with Crippen molar-refractivity contribution in [2.75, 3.05) is 13.2 Å². The Labute approximate surface area is 145 Å². The Morgan fingerprint density at radius 3 is 2.12 bits per heavy atom. The Morgan fingerprint density at radius 1 is 1.08 bits per heavy atom. The van der Waals surface area contributed by atoms with Crippen LogP contribution in [0.2, 0.25) is 0 Å². The van der Waals surface area contributed by atoms with Gasteiger partial charge < -0.3 is 15.4 Å². The Hall–Kier alpha value is -2.00. The number of amides is 3. The first-order valence-electron chi connectivity index (χ1n) is 8.11. The molecule has 0 bridgehead atoms. The summed E-state index contributed by atoms with van der Waals surface area (Å²) in [5.41, 5.74) is -3.64. The number of alkyl halides is 3. The summed E-state index contributed by atoms with van der Waals surface area (Å²) in [6.07, 6.45) is -4.60. The molecule has 0 aliphatic carbocycles. The Kier molecular flexibility index (Phi) is 9.29. The molecule has 1 atom stereocenters. The van der Waals surface area contributed by atoms with Crippen molar-refractivity contribution in [3.05, 3.63) is 0 Å². The molecule has 0 heterocycles. The van der Waals surface area contributed by atoms with Crippen molar-refractivity contribution in [2.24, 2.45) is 5.92 Å². The van der Waals surface area contributed by atoms with Crippen LogP contribution >= 0.6 is 0 Å². The number of halogens is 3. The molecule has 10 heteroatoms. The minimum atomic E-state index is -5.30. The van der Waals surface area contributed by atoms with E-state index in [9.17, 15) is 27.6 Å². The van der Waals surface area contributed by atoms with Gasteiger partial charge in [-0.15, -0.1) is 0 Å². The summed E-state index contributed by atoms with van der Waals surface area (Å²) in [5, 5.41) is 5.35. The number of esters is 1. The van der Waals surface area contributed by atoms with E-state index in [0.29, 0.717) is 12.8 Å². The molecule has 0 aliphatic rings. The fourth-order valence-corrected chi connectivity index (χ4v) is 1.75. The fraction of sp³-hybridized carbons (Fsp3) is 0.800. The van der Waals surface area contributed by atoms with E-state index in [0.717, 1.165) is 0 Å². The standard InChI is InChI=1S/C15H26F3N3O4/c1-5-7-8-11(22)20-14(15(16,17)18,12(23)25-6-2)21-13(24)19-9-10(3)4/h10H,5-9H2,1-4H3,(H,20,22)(H2,19,21,24)/t14-/m0/s1. The van der Waals surface area contributed by atoms with Crippen molar-refractivity contribution in [1.29, 1.82) is 0 Å². The number of ether oxygens (including phenoxy) is 1. The molecule has 25 heavy (non-hydrogen) atoms. The van der Waals surface area contributed by atoms with Crippen LogP contribution < -0.4 is 16.0 Å². The molecular formula is C15H26F3N3O4. The third-order valence-corrected chi connectivity index (χ3v) is 3.06. The zero-order valence-corrected chi connectivity index (χ0v) is 14.9. The van der Waals surface area contributed by atoms with Crippen molar-refractivity contribution >= 4 is 17.9 Å². The maximum atomic E-state index is 13.6. The summed E-state index contributed by atoms with van der Waals surface area (Å²) in [6, 6.07) is -1.24. The number of nitrogens with one attached hydrogen (secondary N) is 3. The van der Waals surface area contributed by atoms with Crippen LogP contribution in [0.25, 0.3) is 0 Å². The predicted molar refractivity (Wildman–Crippen MR) is 84.5 cm³/mol. The molecule has 0 aromatic rings. The number of hydrogen-bond donors (Lipinski definition) is 3. The molecule has 7 nitrogen and oxygen atoms in total. The molecule has 0 spiro atoms. The zero-order chi connectivity index (χ0) is 19.7. The fourth-order valence-electron chi connectivity index (χ4n) is 1.75. The smallest absolute Gasteiger partial charge is 0.442 e. The van der Waals surface area contributed by atoms with E-state index in [-0.39, 0.29) is 25.5 Å². The Balaban J connectivity index is 5.58. The van der Waals surface area contributed by atoms with Crippen molar-refractivity contribution in [2.45, 2.75) is 58.8 Å². The van der Waals surface area contributed by atoms with Gasteiger partial charge >= 0.3 is 23.8 Å². The van der Waals surface area contributed by atoms with Gasteiger partial charge in [0.25, 0.3) is 0 Å². The molecule has 0 aromatic heterocycles. The van der Waals surface area contributed by atoms with Crippen LogP contribution in [0.5, 0.6) is 0 Å². The second-order valence-corrected chi connectivity index (χ2v) is 5.85. The monoisotopic (exact) mass is 369 g/mol. The molecule has 146 valence electrons. The highest BCUT2D eigenvalue weighted by molar-refractivity contribution is 5.92. The van der Waals surface area contributed by atoms with E-state index < -0.39 is 29.7 Å². The van der Waals surface area contributed by atoms with Crippen LogP contribution in [0, 0.1) is 5.92 Å². The number of carbonyl (C=O) groups excluding carboxylic acids is 3. The lowest BCUT2D eigenvalue weighted by atomic mass is 10.1. The van der Waals surface area contributed by atoms with E-state index in [1.54, 1.807) is 26.1 Å². The molecule has 3 amide bonds. The number of carbonyl (C=O) groups is 3. The molecule has 0 radical (unpaired) electrons. The summed E-state index contributed by atoms with van der Waals surface area (Å²) in [4.78, 5) is 35.7. The Bertz CT molecular complexity index is 469. The average Bonchev–Trinajstić information content (AvgIpc) is 2.49. The van der Waals surface area contributed by atoms with Gasteiger partial charge in [0.1, 0.15) is 0 Å². The molecular weight excluding hydrogens is 343 g/mol. The molecule has 0 fully saturated rings. The first-order chi connectivity index (χ1) is 11.5. The second kappa shape index (κ2) is 10.1. The van der Waals surface area contributed by atoms with Crippen molar-refractivity contribution in [3.63, 3.8) is 0 Å². The SMILES string of the molecule is CCCCC(=O)N[C@](NC(=O)NCC(C)C)(C(=O)OCC)C(F)(F)F. The maximum absolute atomic E-state index is 13.6. The highest BCUT2D eigenvalue weighted by Gasteiger charge is 2.64. The van der Waals surface area contributed by atoms with Crippen LogP contribution in [0.4, 0.5) is 18.0 Å². The average molecular weight is 369 g/mol. The predicted octanol–water partition coefficient (Wildman–Crippen LogP) is 2.07. The summed E-state index contributed by atoms with van der Waals surface area (Å²) in [6.45, 7) is 6.30. The zero-order valence-electron chi connectivity index (χ0n) is 14.9. The number of rotatable bonds is 9. The van der Waals surface area contributed by atoms with Crippen LogP contribution in [0.1, 0.15) is 47.0 Å². The van der Waals surface area contributed by atoms with Crippen molar-refractivity contribution in [3.8, 4) is 0 Å². The van der Waals surface area contributed by atoms with E-state index >= 15 is 0 Å². The Morgan fingerprint density at radius 2 is 1.68 bits per heavy atom. The van der Waals surface area contributed by atoms with Crippen LogP contribution in [0.3, 0.4) is 0 Å². The third-order valence-electron chi connectivity index (χ3n) is 3.06. The van der Waals surface area contributed by atoms with Crippen LogP contribution in [0.15, 0.2) is 0 Å². The number of unbranched alkanes of at least 4 members (excludes halogenated alkanes) is 1. The molecule has 0 rings (SSSR count). The van der Waals surface area contributed by atoms with Gasteiger partial charge in [-0.05, 0) is 19.3 Å². The molecule has 0 saturated heterocycles. The van der Waals surface area contributed by atoms with Gasteiger partial charge in [-0.25, -0.2) is 9.59 Å². The summed E-state index contributed by atoms with van der Waals surface area (Å²) >= 11 is 0. The second-order valence-electron chi connectivity index (χ2n) is 5.85. The largest absolute Gasteiger partial charge is 0.463 e. The van der Waals surface area contributed by atoms with Crippen molar-refractivity contribution < 1.29 is 32.3 Å². The minimum Gasteiger partial charge on any atom is -0.463 e. The van der Waals surface area contributed by atoms with E-state index in [2.05, 4.69) is 10.1 Å². The van der Waals surface area contributed by atoms with E-state index in [4.69, 9.17) is 0 Å². The van der Waals surface area contributed by atoms with Gasteiger partial charge in [-0.1, -0.05) is 27.2 Å². The lowest BCUT2D eigenvalue weighted by molar-refractivity contribution is -0.218. The highest BCUT2D eigenvalue weighted by atomic mass is 19.4. The van der Waals surface area contributed by atoms with Crippen LogP contribution in [-0.4, -0.2) is 42.9 Å². The topological polar surface area (TPSA) is 96.5 Å². The number of urea groups is 1. The normalized spacial score (nSPS) is 13.8. The third kappa shape index (κ3) is 7.18. The molecule has 0 aromatic carbocycles. The summed E-state index contributed by atoms with van der Waals surface area (Å²) in [5.74, 6) is -2.84. The summed E-state index contributed by atoms with van der Waals surface area (Å²) in [7, 11) is 0. The van der Waals surface area contributed by atoms with Gasteiger partial charge in [-0.2, -0.15) is 13.2 Å². The molecule has 3 N–H and O–H groups in total. The van der Waals surface area contributed by atoms with E-state index in [1.807, 2.05) is 0 Å². The van der Waals surface area contributed by atoms with Crippen LogP contribution in [-0.2, 0) is 14.3 Å². The lowest BCUT2D eigenvalue weighted by Crippen LogP contribution is -2.74. The first-order valence-corrected chi connectivity index (χ1v) is 8.11. The highest BCUT2D eigenvalue weighted by Crippen LogP contribution is 2.30. The summed E-state index contributed by atoms with van der Waals surface area (Å²) < 4.78 is 45.3. The van der Waals surface area contributed by atoms with Gasteiger partial charge in [0, 0.05) is 13.0 Å². The van der Waals surface area contributed by atoms with Gasteiger partial charge in [0.2, 0.25) is 5.91 Å². The van der Waals surface area contributed by atoms with Gasteiger partial charge in [-0.3, -0.25) is 10.1 Å². The van der Waals surface area contributed by atoms with Gasteiger partial charge in [0.15, 0.2) is 0 Å². The first kappa shape index (κ1) is 23.0. The quantitative estimate of drug-likeness (QED) is 0.428. The molecule has 0 aliphatic heterocycles. The maximum Gasteiger partial charge on any atom is 0.442 e. The lowest BCUT2D eigenvalue weighted by Gasteiger charge is -2.34. The van der Waals surface area contributed by atoms with Gasteiger partial charge in [0.05, 0.1) is 6.61 Å². The van der Waals surface area contributed by atoms with Crippen molar-refractivity contribution in [1.82, 2.24) is 16.0 Å².